The normalized spacial score (nSPS) is 12.3. The third-order valence-corrected chi connectivity index (χ3v) is 7.02. The SMILES string of the molecule is COC(=O)c1ccc(NC(=O)[C@H](CCCNC(N)=O)CC(=O)[C@@H](NC(C)=O)C(C)C)cc1OCC(=O)CCCCCC(=O)OC(C)(C)C. The van der Waals surface area contributed by atoms with Crippen LogP contribution in [-0.4, -0.2) is 73.3 Å². The number of hydrogen-bond donors (Lipinski definition) is 4. The molecule has 14 nitrogen and oxygen atoms in total. The summed E-state index contributed by atoms with van der Waals surface area (Å²) in [7, 11) is 1.20. The minimum Gasteiger partial charge on any atom is -0.485 e. The summed E-state index contributed by atoms with van der Waals surface area (Å²) >= 11 is 0. The van der Waals surface area contributed by atoms with Crippen LogP contribution in [0.15, 0.2) is 18.2 Å². The molecule has 268 valence electrons. The van der Waals surface area contributed by atoms with Gasteiger partial charge in [-0.3, -0.25) is 24.0 Å². The first-order valence-electron chi connectivity index (χ1n) is 16.2. The molecule has 0 aromatic heterocycles. The third-order valence-electron chi connectivity index (χ3n) is 7.02. The fourth-order valence-corrected chi connectivity index (χ4v) is 4.73. The highest BCUT2D eigenvalue weighted by atomic mass is 16.6. The fourth-order valence-electron chi connectivity index (χ4n) is 4.73. The van der Waals surface area contributed by atoms with Gasteiger partial charge in [0.05, 0.1) is 13.2 Å². The molecule has 0 aliphatic heterocycles. The Balaban J connectivity index is 2.97. The molecule has 1 aromatic rings. The molecule has 0 spiro atoms. The molecule has 14 heteroatoms. The van der Waals surface area contributed by atoms with Gasteiger partial charge in [-0.1, -0.05) is 20.3 Å². The van der Waals surface area contributed by atoms with Gasteiger partial charge < -0.3 is 35.9 Å². The maximum absolute atomic E-state index is 13.4. The Morgan fingerprint density at radius 3 is 2.19 bits per heavy atom. The lowest BCUT2D eigenvalue weighted by atomic mass is 9.89. The Labute approximate surface area is 282 Å². The highest BCUT2D eigenvalue weighted by molar-refractivity contribution is 5.99. The highest BCUT2D eigenvalue weighted by Crippen LogP contribution is 2.26. The number of hydrogen-bond acceptors (Lipinski definition) is 10. The van der Waals surface area contributed by atoms with Crippen LogP contribution in [0.25, 0.3) is 0 Å². The van der Waals surface area contributed by atoms with Gasteiger partial charge in [-0.05, 0) is 64.5 Å². The van der Waals surface area contributed by atoms with Crippen LogP contribution in [-0.2, 0) is 33.4 Å². The minimum atomic E-state index is -0.830. The number of Topliss-reactive ketones (excluding diaryl/α,β-unsaturated/α-hetero) is 2. The van der Waals surface area contributed by atoms with Gasteiger partial charge >= 0.3 is 18.0 Å². The van der Waals surface area contributed by atoms with E-state index in [1.807, 2.05) is 0 Å². The predicted octanol–water partition coefficient (Wildman–Crippen LogP) is 3.84. The molecule has 0 aliphatic rings. The lowest BCUT2D eigenvalue weighted by Gasteiger charge is -2.23. The minimum absolute atomic E-state index is 0.0155. The number of esters is 2. The molecule has 0 fully saturated rings. The molecule has 0 aliphatic carbocycles. The Morgan fingerprint density at radius 2 is 1.60 bits per heavy atom. The number of anilines is 1. The summed E-state index contributed by atoms with van der Waals surface area (Å²) in [5.74, 6) is -3.45. The molecule has 0 saturated carbocycles. The lowest BCUT2D eigenvalue weighted by Crippen LogP contribution is -2.44. The van der Waals surface area contributed by atoms with E-state index in [-0.39, 0.29) is 85.2 Å². The molecule has 1 aromatic carbocycles. The van der Waals surface area contributed by atoms with Gasteiger partial charge in [0.25, 0.3) is 0 Å². The Kier molecular flexibility index (Phi) is 17.9. The van der Waals surface area contributed by atoms with Crippen LogP contribution in [0.5, 0.6) is 5.75 Å². The molecular weight excluding hydrogens is 624 g/mol. The van der Waals surface area contributed by atoms with Crippen LogP contribution in [0.2, 0.25) is 0 Å². The average Bonchev–Trinajstić information content (AvgIpc) is 2.98. The van der Waals surface area contributed by atoms with Crippen molar-refractivity contribution in [3.05, 3.63) is 23.8 Å². The summed E-state index contributed by atoms with van der Waals surface area (Å²) in [6.07, 6.45) is 2.62. The smallest absolute Gasteiger partial charge is 0.341 e. The number of benzene rings is 1. The van der Waals surface area contributed by atoms with E-state index < -0.39 is 35.5 Å². The first-order chi connectivity index (χ1) is 22.4. The summed E-state index contributed by atoms with van der Waals surface area (Å²) in [5, 5.41) is 7.84. The van der Waals surface area contributed by atoms with E-state index >= 15 is 0 Å². The van der Waals surface area contributed by atoms with Gasteiger partial charge in [-0.25, -0.2) is 9.59 Å². The number of carbonyl (C=O) groups is 7. The number of urea groups is 1. The number of unbranched alkanes of at least 4 members (excludes halogenated alkanes) is 2. The topological polar surface area (TPSA) is 209 Å². The standard InChI is InChI=1S/C34H52N4O10/c1-21(2)30(37-22(3)39)27(41)18-23(12-11-17-36-33(35)45)31(43)38-24-15-16-26(32(44)46-7)28(19-24)47-20-25(40)13-9-8-10-14-29(42)48-34(4,5)6/h15-16,19,21,23,30H,8-14,17-18,20H2,1-7H3,(H,37,39)(H,38,43)(H3,35,36,45)/t23-,30+/m1/s1. The number of ether oxygens (including phenoxy) is 3. The molecule has 1 rings (SSSR count). The van der Waals surface area contributed by atoms with Gasteiger partial charge in [-0.2, -0.15) is 0 Å². The molecule has 0 unspecified atom stereocenters. The molecule has 2 atom stereocenters. The Hall–Kier alpha value is -4.49. The van der Waals surface area contributed by atoms with Crippen LogP contribution < -0.4 is 26.4 Å². The summed E-state index contributed by atoms with van der Waals surface area (Å²) in [6.45, 7) is 10.1. The zero-order valence-corrected chi connectivity index (χ0v) is 29.2. The van der Waals surface area contributed by atoms with E-state index in [1.54, 1.807) is 34.6 Å². The lowest BCUT2D eigenvalue weighted by molar-refractivity contribution is -0.155. The van der Waals surface area contributed by atoms with Crippen LogP contribution >= 0.6 is 0 Å². The number of primary amides is 1. The zero-order chi connectivity index (χ0) is 36.4. The van der Waals surface area contributed by atoms with Crippen molar-refractivity contribution < 1.29 is 47.8 Å². The summed E-state index contributed by atoms with van der Waals surface area (Å²) in [5.41, 5.74) is 4.86. The van der Waals surface area contributed by atoms with Crippen molar-refractivity contribution in [2.75, 3.05) is 25.6 Å². The predicted molar refractivity (Wildman–Crippen MR) is 178 cm³/mol. The molecule has 0 saturated heterocycles. The van der Waals surface area contributed by atoms with Gasteiger partial charge in [0, 0.05) is 50.4 Å². The first kappa shape index (κ1) is 41.5. The number of ketones is 2. The monoisotopic (exact) mass is 676 g/mol. The first-order valence-corrected chi connectivity index (χ1v) is 16.2. The second kappa shape index (κ2) is 20.7. The van der Waals surface area contributed by atoms with Gasteiger partial charge in [0.2, 0.25) is 11.8 Å². The summed E-state index contributed by atoms with van der Waals surface area (Å²) < 4.78 is 15.8. The van der Waals surface area contributed by atoms with Crippen molar-refractivity contribution in [1.82, 2.24) is 10.6 Å². The molecule has 5 N–H and O–H groups in total. The molecule has 0 bridgehead atoms. The van der Waals surface area contributed by atoms with E-state index in [2.05, 4.69) is 16.0 Å². The van der Waals surface area contributed by atoms with Crippen molar-refractivity contribution in [3.8, 4) is 5.75 Å². The number of nitrogens with one attached hydrogen (secondary N) is 3. The van der Waals surface area contributed by atoms with Crippen LogP contribution in [0, 0.1) is 11.8 Å². The van der Waals surface area contributed by atoms with Crippen molar-refractivity contribution >= 4 is 47.0 Å². The Morgan fingerprint density at radius 1 is 0.938 bits per heavy atom. The van der Waals surface area contributed by atoms with Gasteiger partial charge in [-0.15, -0.1) is 0 Å². The Bertz CT molecular complexity index is 1290. The maximum Gasteiger partial charge on any atom is 0.341 e. The van der Waals surface area contributed by atoms with E-state index in [0.29, 0.717) is 25.7 Å². The van der Waals surface area contributed by atoms with Crippen LogP contribution in [0.1, 0.15) is 103 Å². The number of methoxy groups -OCH3 is 1. The third kappa shape index (κ3) is 16.9. The molecule has 48 heavy (non-hydrogen) atoms. The summed E-state index contributed by atoms with van der Waals surface area (Å²) in [6, 6.07) is 2.74. The van der Waals surface area contributed by atoms with Crippen molar-refractivity contribution in [1.29, 1.82) is 0 Å². The van der Waals surface area contributed by atoms with E-state index in [9.17, 15) is 33.6 Å². The fraction of sp³-hybridized carbons (Fsp3) is 0.618. The highest BCUT2D eigenvalue weighted by Gasteiger charge is 2.29. The summed E-state index contributed by atoms with van der Waals surface area (Å²) in [4.78, 5) is 86.2. The number of rotatable bonds is 21. The average molecular weight is 677 g/mol. The number of nitrogens with two attached hydrogens (primary N) is 1. The molecule has 0 heterocycles. The quantitative estimate of drug-likeness (QED) is 0.109. The van der Waals surface area contributed by atoms with Crippen LogP contribution in [0.3, 0.4) is 0 Å². The van der Waals surface area contributed by atoms with E-state index in [0.717, 1.165) is 0 Å². The molecule has 0 radical (unpaired) electrons. The number of amides is 4. The zero-order valence-electron chi connectivity index (χ0n) is 29.2. The second-order valence-corrected chi connectivity index (χ2v) is 12.9. The van der Waals surface area contributed by atoms with Gasteiger partial charge in [0.15, 0.2) is 11.6 Å². The van der Waals surface area contributed by atoms with Crippen LogP contribution in [0.4, 0.5) is 10.5 Å². The maximum atomic E-state index is 13.4. The van der Waals surface area contributed by atoms with Gasteiger partial charge in [0.1, 0.15) is 23.5 Å². The van der Waals surface area contributed by atoms with Crippen molar-refractivity contribution in [2.45, 2.75) is 105 Å². The van der Waals surface area contributed by atoms with Crippen molar-refractivity contribution in [2.24, 2.45) is 17.6 Å². The largest absolute Gasteiger partial charge is 0.485 e. The second-order valence-electron chi connectivity index (χ2n) is 12.9. The molecular formula is C34H52N4O10. The van der Waals surface area contributed by atoms with E-state index in [4.69, 9.17) is 19.9 Å². The van der Waals surface area contributed by atoms with Crippen molar-refractivity contribution in [3.63, 3.8) is 0 Å². The number of carbonyl (C=O) groups excluding carboxylic acids is 7. The molecule has 4 amide bonds. The van der Waals surface area contributed by atoms with E-state index in [1.165, 1.54) is 32.2 Å².